The molecule has 4 aliphatic rings. The van der Waals surface area contributed by atoms with Crippen LogP contribution >= 0.6 is 0 Å². The minimum atomic E-state index is -1.20. The monoisotopic (exact) mass is 356 g/mol. The topological polar surface area (TPSA) is 0 Å². The number of hydrogen-bond acceptors (Lipinski definition) is 0. The van der Waals surface area contributed by atoms with Crippen molar-refractivity contribution in [2.24, 2.45) is 5.92 Å². The van der Waals surface area contributed by atoms with Gasteiger partial charge in [0.1, 0.15) is 0 Å². The zero-order valence-corrected chi connectivity index (χ0v) is 17.0. The standard InChI is InChI=1S/C25H28Si/c1-18-15-16-23-22-14-8-3-9-19(22)17-24(23)25(18,2)26(20-10-4-5-11-20)21-12-6-7-13-21/h3-14,18,20-21,26H,15-17H2,1-2H3. The SMILES string of the molecule is CC1CCC2=C(Cc3ccccc32)C1(C)[SiH](C1C=CC=C1)C1C=CC=C1. The fourth-order valence-electron chi connectivity index (χ4n) is 6.15. The van der Waals surface area contributed by atoms with Crippen molar-refractivity contribution in [1.82, 2.24) is 0 Å². The van der Waals surface area contributed by atoms with Gasteiger partial charge in [-0.25, -0.2) is 0 Å². The molecule has 1 heteroatoms. The maximum atomic E-state index is 2.65. The average Bonchev–Trinajstić information content (AvgIpc) is 3.40. The van der Waals surface area contributed by atoms with E-state index in [0.29, 0.717) is 16.1 Å². The Bertz CT molecular complexity index is 829. The molecule has 0 heterocycles. The lowest BCUT2D eigenvalue weighted by atomic mass is 9.76. The van der Waals surface area contributed by atoms with Crippen molar-refractivity contribution in [2.75, 3.05) is 0 Å². The van der Waals surface area contributed by atoms with Crippen molar-refractivity contribution >= 4 is 14.4 Å². The molecule has 1 aromatic carbocycles. The molecule has 0 saturated carbocycles. The Morgan fingerprint density at radius 3 is 2.19 bits per heavy atom. The van der Waals surface area contributed by atoms with Gasteiger partial charge in [0, 0.05) is 0 Å². The van der Waals surface area contributed by atoms with Gasteiger partial charge in [0.15, 0.2) is 0 Å². The highest BCUT2D eigenvalue weighted by molar-refractivity contribution is 6.69. The van der Waals surface area contributed by atoms with Gasteiger partial charge in [0.05, 0.1) is 8.80 Å². The van der Waals surface area contributed by atoms with Crippen LogP contribution in [0.2, 0.25) is 16.1 Å². The molecule has 132 valence electrons. The molecule has 4 aliphatic carbocycles. The summed E-state index contributed by atoms with van der Waals surface area (Å²) in [6.45, 7) is 5.19. The first-order valence-corrected chi connectivity index (χ1v) is 12.1. The molecule has 0 N–H and O–H groups in total. The Labute approximate surface area is 159 Å². The second-order valence-electron chi connectivity index (χ2n) is 8.73. The Hall–Kier alpha value is -1.86. The molecule has 0 radical (unpaired) electrons. The third-order valence-corrected chi connectivity index (χ3v) is 12.5. The molecular weight excluding hydrogens is 328 g/mol. The van der Waals surface area contributed by atoms with Crippen LogP contribution in [0.5, 0.6) is 0 Å². The Balaban J connectivity index is 1.66. The van der Waals surface area contributed by atoms with Gasteiger partial charge in [0.25, 0.3) is 0 Å². The first-order chi connectivity index (χ1) is 12.7. The van der Waals surface area contributed by atoms with Crippen LogP contribution in [0.4, 0.5) is 0 Å². The largest absolute Gasteiger partial charge is 0.0806 e. The van der Waals surface area contributed by atoms with Gasteiger partial charge in [0.2, 0.25) is 0 Å². The van der Waals surface area contributed by atoms with Crippen LogP contribution in [-0.2, 0) is 6.42 Å². The van der Waals surface area contributed by atoms with E-state index < -0.39 is 8.80 Å². The molecule has 5 rings (SSSR count). The summed E-state index contributed by atoms with van der Waals surface area (Å²) in [6, 6.07) is 9.18. The van der Waals surface area contributed by atoms with Crippen molar-refractivity contribution in [3.8, 4) is 0 Å². The molecule has 26 heavy (non-hydrogen) atoms. The molecule has 0 amide bonds. The quantitative estimate of drug-likeness (QED) is 0.549. The molecule has 2 unspecified atom stereocenters. The number of benzene rings is 1. The molecule has 0 aromatic heterocycles. The van der Waals surface area contributed by atoms with E-state index in [9.17, 15) is 0 Å². The maximum Gasteiger partial charge on any atom is 0.0714 e. The summed E-state index contributed by atoms with van der Waals surface area (Å²) in [4.78, 5) is 0. The van der Waals surface area contributed by atoms with E-state index in [-0.39, 0.29) is 0 Å². The number of fused-ring (bicyclic) bond motifs is 2. The van der Waals surface area contributed by atoms with Gasteiger partial charge >= 0.3 is 0 Å². The van der Waals surface area contributed by atoms with Crippen LogP contribution in [0.1, 0.15) is 37.8 Å². The van der Waals surface area contributed by atoms with Crippen LogP contribution in [0.15, 0.2) is 78.4 Å². The molecule has 0 nitrogen and oxygen atoms in total. The minimum Gasteiger partial charge on any atom is -0.0806 e. The van der Waals surface area contributed by atoms with Gasteiger partial charge < -0.3 is 0 Å². The van der Waals surface area contributed by atoms with Crippen molar-refractivity contribution in [3.05, 3.63) is 89.6 Å². The third-order valence-electron chi connectivity index (χ3n) is 7.65. The van der Waals surface area contributed by atoms with E-state index in [2.05, 4.69) is 86.7 Å². The van der Waals surface area contributed by atoms with Crippen molar-refractivity contribution < 1.29 is 0 Å². The van der Waals surface area contributed by atoms with E-state index in [1.54, 1.807) is 22.3 Å². The zero-order chi connectivity index (χ0) is 17.7. The minimum absolute atomic E-state index is 0.375. The van der Waals surface area contributed by atoms with Gasteiger partial charge in [-0.3, -0.25) is 0 Å². The summed E-state index contributed by atoms with van der Waals surface area (Å²) < 4.78 is 0. The lowest BCUT2D eigenvalue weighted by molar-refractivity contribution is 0.401. The average molecular weight is 357 g/mol. The van der Waals surface area contributed by atoms with Gasteiger partial charge in [-0.1, -0.05) is 92.3 Å². The maximum absolute atomic E-state index is 2.65. The van der Waals surface area contributed by atoms with E-state index in [0.717, 1.165) is 5.92 Å². The van der Waals surface area contributed by atoms with Crippen LogP contribution in [-0.4, -0.2) is 8.80 Å². The first-order valence-electron chi connectivity index (χ1n) is 10.2. The first kappa shape index (κ1) is 16.3. The van der Waals surface area contributed by atoms with Crippen LogP contribution in [0.3, 0.4) is 0 Å². The summed E-state index contributed by atoms with van der Waals surface area (Å²) >= 11 is 0. The smallest absolute Gasteiger partial charge is 0.0714 e. The molecule has 2 atom stereocenters. The summed E-state index contributed by atoms with van der Waals surface area (Å²) in [5, 5.41) is 0.375. The molecule has 0 fully saturated rings. The van der Waals surface area contributed by atoms with Crippen LogP contribution < -0.4 is 0 Å². The van der Waals surface area contributed by atoms with Crippen LogP contribution in [0.25, 0.3) is 5.57 Å². The van der Waals surface area contributed by atoms with Crippen LogP contribution in [0, 0.1) is 5.92 Å². The normalized spacial score (nSPS) is 30.0. The van der Waals surface area contributed by atoms with Crippen molar-refractivity contribution in [2.45, 2.75) is 49.2 Å². The Kier molecular flexibility index (Phi) is 3.82. The molecule has 0 aliphatic heterocycles. The number of allylic oxidation sites excluding steroid dienone is 10. The molecule has 1 aromatic rings. The lowest BCUT2D eigenvalue weighted by Gasteiger charge is -2.50. The Morgan fingerprint density at radius 1 is 0.923 bits per heavy atom. The Morgan fingerprint density at radius 2 is 1.54 bits per heavy atom. The van der Waals surface area contributed by atoms with E-state index in [1.165, 1.54) is 19.3 Å². The number of hydrogen-bond donors (Lipinski definition) is 0. The second-order valence-corrected chi connectivity index (χ2v) is 12.5. The van der Waals surface area contributed by atoms with Gasteiger partial charge in [-0.2, -0.15) is 0 Å². The number of rotatable bonds is 3. The fourth-order valence-corrected chi connectivity index (χ4v) is 11.2. The van der Waals surface area contributed by atoms with Gasteiger partial charge in [-0.05, 0) is 58.0 Å². The van der Waals surface area contributed by atoms with Crippen molar-refractivity contribution in [3.63, 3.8) is 0 Å². The predicted molar refractivity (Wildman–Crippen MR) is 115 cm³/mol. The lowest BCUT2D eigenvalue weighted by Crippen LogP contribution is -2.43. The zero-order valence-electron chi connectivity index (χ0n) is 15.9. The van der Waals surface area contributed by atoms with E-state index >= 15 is 0 Å². The molecule has 0 saturated heterocycles. The molecule has 0 bridgehead atoms. The van der Waals surface area contributed by atoms with E-state index in [1.807, 2.05) is 0 Å². The summed E-state index contributed by atoms with van der Waals surface area (Å²) in [5.41, 5.74) is 7.99. The summed E-state index contributed by atoms with van der Waals surface area (Å²) in [5.74, 6) is 0.775. The van der Waals surface area contributed by atoms with Crippen molar-refractivity contribution in [1.29, 1.82) is 0 Å². The third kappa shape index (κ3) is 2.26. The molecule has 0 spiro atoms. The summed E-state index contributed by atoms with van der Waals surface area (Å²) in [6.07, 6.45) is 22.9. The highest BCUT2D eigenvalue weighted by atomic mass is 28.3. The second kappa shape index (κ2) is 6.09. The highest BCUT2D eigenvalue weighted by Gasteiger charge is 2.51. The van der Waals surface area contributed by atoms with Gasteiger partial charge in [-0.15, -0.1) is 0 Å². The highest BCUT2D eigenvalue weighted by Crippen LogP contribution is 2.63. The summed E-state index contributed by atoms with van der Waals surface area (Å²) in [7, 11) is -1.20. The van der Waals surface area contributed by atoms with E-state index in [4.69, 9.17) is 0 Å². The molecular formula is C25H28Si. The predicted octanol–water partition coefficient (Wildman–Crippen LogP) is 6.41. The fraction of sp³-hybridized carbons (Fsp3) is 0.360.